The van der Waals surface area contributed by atoms with Crippen molar-refractivity contribution in [2.45, 2.75) is 43.8 Å². The number of nitrogens with two attached hydrogens (primary N) is 2. The predicted octanol–water partition coefficient (Wildman–Crippen LogP) is -0.625. The number of benzene rings is 1. The number of unbranched alkanes of at least 4 members (excludes halogenated alkanes) is 1. The number of hydrogen-bond acceptors (Lipinski definition) is 7. The number of rotatable bonds is 12. The summed E-state index contributed by atoms with van der Waals surface area (Å²) in [5.41, 5.74) is 12.2. The number of hydrogen-bond donors (Lipinski definition) is 7. The molecule has 8 N–H and O–H groups in total. The number of amides is 2. The minimum Gasteiger partial charge on any atom is -0.508 e. The average Bonchev–Trinajstić information content (AvgIpc) is 2.66. The largest absolute Gasteiger partial charge is 0.508 e. The summed E-state index contributed by atoms with van der Waals surface area (Å²) in [6, 6.07) is 3.30. The summed E-state index contributed by atoms with van der Waals surface area (Å²) in [6.45, 7) is 0.442. The van der Waals surface area contributed by atoms with Gasteiger partial charge in [0.15, 0.2) is 0 Å². The molecule has 0 aliphatic heterocycles. The van der Waals surface area contributed by atoms with Gasteiger partial charge in [0.1, 0.15) is 17.8 Å². The van der Waals surface area contributed by atoms with Gasteiger partial charge in [-0.05, 0) is 49.9 Å². The Morgan fingerprint density at radius 1 is 1.04 bits per heavy atom. The Morgan fingerprint density at radius 2 is 1.64 bits per heavy atom. The minimum absolute atomic E-state index is 0.0785. The van der Waals surface area contributed by atoms with Gasteiger partial charge in [0.05, 0.1) is 6.04 Å². The van der Waals surface area contributed by atoms with Crippen molar-refractivity contribution in [1.82, 2.24) is 10.6 Å². The van der Waals surface area contributed by atoms with E-state index in [9.17, 15) is 19.5 Å². The zero-order valence-corrected chi connectivity index (χ0v) is 16.4. The fraction of sp³-hybridized carbons (Fsp3) is 0.500. The van der Waals surface area contributed by atoms with Gasteiger partial charge >= 0.3 is 5.97 Å². The number of thiol groups is 1. The van der Waals surface area contributed by atoms with E-state index in [4.69, 9.17) is 16.6 Å². The van der Waals surface area contributed by atoms with Gasteiger partial charge in [0, 0.05) is 5.75 Å². The zero-order valence-electron chi connectivity index (χ0n) is 15.5. The first-order valence-corrected chi connectivity index (χ1v) is 9.59. The number of phenols is 1. The number of aromatic hydroxyl groups is 1. The van der Waals surface area contributed by atoms with E-state index in [0.717, 1.165) is 5.56 Å². The summed E-state index contributed by atoms with van der Waals surface area (Å²) < 4.78 is 0. The molecule has 2 amide bonds. The highest BCUT2D eigenvalue weighted by Crippen LogP contribution is 2.11. The molecule has 1 aromatic rings. The first-order chi connectivity index (χ1) is 13.3. The maximum atomic E-state index is 12.4. The molecule has 0 spiro atoms. The summed E-state index contributed by atoms with van der Waals surface area (Å²) in [5.74, 6) is -2.32. The van der Waals surface area contributed by atoms with E-state index in [1.165, 1.54) is 12.1 Å². The second-order valence-electron chi connectivity index (χ2n) is 6.40. The van der Waals surface area contributed by atoms with Crippen molar-refractivity contribution >= 4 is 30.4 Å². The summed E-state index contributed by atoms with van der Waals surface area (Å²) >= 11 is 3.91. The summed E-state index contributed by atoms with van der Waals surface area (Å²) in [5, 5.41) is 23.3. The Labute approximate surface area is 169 Å². The van der Waals surface area contributed by atoms with Gasteiger partial charge < -0.3 is 32.3 Å². The fourth-order valence-electron chi connectivity index (χ4n) is 2.48. The lowest BCUT2D eigenvalue weighted by Gasteiger charge is -2.22. The monoisotopic (exact) mass is 412 g/mol. The number of carbonyl (C=O) groups is 3. The van der Waals surface area contributed by atoms with Gasteiger partial charge in [-0.25, -0.2) is 4.79 Å². The Balaban J connectivity index is 2.74. The molecule has 0 aliphatic rings. The SMILES string of the molecule is NCCCC[C@H](NC(=O)[C@@H](N)Cc1ccc(O)cc1)C(=O)N[C@@H](CS)C(=O)O. The lowest BCUT2D eigenvalue weighted by Crippen LogP contribution is -2.55. The quantitative estimate of drug-likeness (QED) is 0.177. The maximum Gasteiger partial charge on any atom is 0.327 e. The Kier molecular flexibility index (Phi) is 10.4. The van der Waals surface area contributed by atoms with E-state index < -0.39 is 35.9 Å². The predicted molar refractivity (Wildman–Crippen MR) is 108 cm³/mol. The highest BCUT2D eigenvalue weighted by atomic mass is 32.1. The van der Waals surface area contributed by atoms with E-state index in [1.54, 1.807) is 12.1 Å². The first kappa shape index (κ1) is 23.7. The molecule has 1 rings (SSSR count). The normalized spacial score (nSPS) is 14.0. The lowest BCUT2D eigenvalue weighted by molar-refractivity contribution is -0.141. The highest BCUT2D eigenvalue weighted by Gasteiger charge is 2.27. The van der Waals surface area contributed by atoms with Crippen LogP contribution in [0.15, 0.2) is 24.3 Å². The van der Waals surface area contributed by atoms with Gasteiger partial charge in [-0.1, -0.05) is 12.1 Å². The number of carboxylic acid groups (broad SMARTS) is 1. The number of carboxylic acids is 1. The van der Waals surface area contributed by atoms with E-state index in [-0.39, 0.29) is 17.9 Å². The molecule has 28 heavy (non-hydrogen) atoms. The Bertz CT molecular complexity index is 656. The molecule has 156 valence electrons. The van der Waals surface area contributed by atoms with Crippen LogP contribution in [0.1, 0.15) is 24.8 Å². The Hall–Kier alpha value is -2.30. The molecule has 1 aromatic carbocycles. The van der Waals surface area contributed by atoms with Crippen LogP contribution in [0.4, 0.5) is 0 Å². The molecule has 0 radical (unpaired) electrons. The van der Waals surface area contributed by atoms with Crippen LogP contribution in [-0.2, 0) is 20.8 Å². The molecule has 10 heteroatoms. The van der Waals surface area contributed by atoms with Crippen LogP contribution in [0.25, 0.3) is 0 Å². The number of aliphatic carboxylic acids is 1. The van der Waals surface area contributed by atoms with Crippen LogP contribution >= 0.6 is 12.6 Å². The zero-order chi connectivity index (χ0) is 21.1. The van der Waals surface area contributed by atoms with Crippen LogP contribution in [-0.4, -0.2) is 58.4 Å². The van der Waals surface area contributed by atoms with Gasteiger partial charge in [-0.3, -0.25) is 9.59 Å². The molecule has 0 unspecified atom stereocenters. The molecule has 0 heterocycles. The lowest BCUT2D eigenvalue weighted by atomic mass is 10.0. The average molecular weight is 413 g/mol. The smallest absolute Gasteiger partial charge is 0.327 e. The van der Waals surface area contributed by atoms with Crippen LogP contribution in [0.5, 0.6) is 5.75 Å². The molecule has 0 bridgehead atoms. The highest BCUT2D eigenvalue weighted by molar-refractivity contribution is 7.80. The Morgan fingerprint density at radius 3 is 2.18 bits per heavy atom. The maximum absolute atomic E-state index is 12.4. The van der Waals surface area contributed by atoms with Gasteiger partial charge in [-0.15, -0.1) is 0 Å². The standard InChI is InChI=1S/C18H28N4O5S/c19-8-2-1-3-14(17(25)22-15(10-28)18(26)27)21-16(24)13(20)9-11-4-6-12(23)7-5-11/h4-7,13-15,23,28H,1-3,8-10,19-20H2,(H,21,24)(H,22,25)(H,26,27)/t13-,14-,15-/m0/s1. The van der Waals surface area contributed by atoms with E-state index in [2.05, 4.69) is 23.3 Å². The van der Waals surface area contributed by atoms with Crippen molar-refractivity contribution in [1.29, 1.82) is 0 Å². The third kappa shape index (κ3) is 8.15. The first-order valence-electron chi connectivity index (χ1n) is 8.96. The summed E-state index contributed by atoms with van der Waals surface area (Å²) in [7, 11) is 0. The van der Waals surface area contributed by atoms with Crippen molar-refractivity contribution in [3.8, 4) is 5.75 Å². The van der Waals surface area contributed by atoms with Crippen molar-refractivity contribution in [3.63, 3.8) is 0 Å². The molecule has 0 aliphatic carbocycles. The van der Waals surface area contributed by atoms with Gasteiger partial charge in [0.2, 0.25) is 11.8 Å². The number of nitrogens with one attached hydrogen (secondary N) is 2. The molecule has 0 saturated carbocycles. The van der Waals surface area contributed by atoms with Crippen LogP contribution in [0.3, 0.4) is 0 Å². The van der Waals surface area contributed by atoms with Crippen LogP contribution in [0.2, 0.25) is 0 Å². The second kappa shape index (κ2) is 12.2. The third-order valence-electron chi connectivity index (χ3n) is 4.11. The summed E-state index contributed by atoms with van der Waals surface area (Å²) in [4.78, 5) is 36.0. The molecule has 0 fully saturated rings. The van der Waals surface area contributed by atoms with Crippen molar-refractivity contribution in [2.24, 2.45) is 11.5 Å². The van der Waals surface area contributed by atoms with E-state index in [1.807, 2.05) is 0 Å². The molecular formula is C18H28N4O5S. The fourth-order valence-corrected chi connectivity index (χ4v) is 2.72. The molecule has 9 nitrogen and oxygen atoms in total. The van der Waals surface area contributed by atoms with E-state index >= 15 is 0 Å². The molecule has 3 atom stereocenters. The van der Waals surface area contributed by atoms with Crippen molar-refractivity contribution in [2.75, 3.05) is 12.3 Å². The van der Waals surface area contributed by atoms with Gasteiger partial charge in [0.25, 0.3) is 0 Å². The minimum atomic E-state index is -1.21. The van der Waals surface area contributed by atoms with Crippen molar-refractivity contribution in [3.05, 3.63) is 29.8 Å². The molecule has 0 aromatic heterocycles. The molecular weight excluding hydrogens is 384 g/mol. The second-order valence-corrected chi connectivity index (χ2v) is 6.77. The van der Waals surface area contributed by atoms with Crippen LogP contribution in [0, 0.1) is 0 Å². The van der Waals surface area contributed by atoms with Gasteiger partial charge in [-0.2, -0.15) is 12.6 Å². The number of carbonyl (C=O) groups excluding carboxylic acids is 2. The van der Waals surface area contributed by atoms with Crippen LogP contribution < -0.4 is 22.1 Å². The summed E-state index contributed by atoms with van der Waals surface area (Å²) in [6.07, 6.45) is 1.77. The topological polar surface area (TPSA) is 168 Å². The third-order valence-corrected chi connectivity index (χ3v) is 4.47. The van der Waals surface area contributed by atoms with E-state index in [0.29, 0.717) is 25.8 Å². The number of phenolic OH excluding ortho intramolecular Hbond substituents is 1. The van der Waals surface area contributed by atoms with Crippen molar-refractivity contribution < 1.29 is 24.6 Å². The molecule has 0 saturated heterocycles.